The van der Waals surface area contributed by atoms with Gasteiger partial charge in [0.25, 0.3) is 0 Å². The fourth-order valence-corrected chi connectivity index (χ4v) is 1.90. The first-order valence-corrected chi connectivity index (χ1v) is 5.53. The Morgan fingerprint density at radius 3 is 3.00 bits per heavy atom. The van der Waals surface area contributed by atoms with Gasteiger partial charge in [-0.15, -0.1) is 11.2 Å². The van der Waals surface area contributed by atoms with Gasteiger partial charge in [-0.3, -0.25) is 4.79 Å². The molecular formula is C10H14O2S. The van der Waals surface area contributed by atoms with Crippen molar-refractivity contribution in [1.29, 1.82) is 0 Å². The van der Waals surface area contributed by atoms with Crippen LogP contribution < -0.4 is 0 Å². The monoisotopic (exact) mass is 198 g/mol. The molecule has 72 valence electrons. The normalized spacial score (nSPS) is 27.4. The molecule has 2 unspecified atom stereocenters. The minimum atomic E-state index is -0.179. The van der Waals surface area contributed by atoms with E-state index in [2.05, 4.69) is 18.7 Å². The van der Waals surface area contributed by atoms with Crippen LogP contribution in [0.25, 0.3) is 0 Å². The van der Waals surface area contributed by atoms with Crippen molar-refractivity contribution in [2.75, 3.05) is 12.9 Å². The van der Waals surface area contributed by atoms with E-state index in [9.17, 15) is 4.79 Å². The maximum atomic E-state index is 11.4. The molecule has 1 saturated heterocycles. The van der Waals surface area contributed by atoms with Gasteiger partial charge in [0.2, 0.25) is 0 Å². The fraction of sp³-hybridized carbons (Fsp3) is 0.600. The van der Waals surface area contributed by atoms with E-state index in [1.807, 2.05) is 6.26 Å². The molecular weight excluding hydrogens is 184 g/mol. The molecule has 1 heterocycles. The smallest absolute Gasteiger partial charge is 0.314 e. The van der Waals surface area contributed by atoms with Crippen molar-refractivity contribution >= 4 is 17.1 Å². The molecule has 0 aromatic heterocycles. The molecule has 2 nitrogen and oxygen atoms in total. The average molecular weight is 198 g/mol. The highest BCUT2D eigenvalue weighted by atomic mass is 32.1. The van der Waals surface area contributed by atoms with Gasteiger partial charge in [0.05, 0.1) is 12.5 Å². The van der Waals surface area contributed by atoms with E-state index in [1.165, 1.54) is 11.2 Å². The van der Waals surface area contributed by atoms with Crippen molar-refractivity contribution in [1.82, 2.24) is 0 Å². The topological polar surface area (TPSA) is 26.3 Å². The second-order valence-electron chi connectivity index (χ2n) is 3.24. The molecule has 3 heteroatoms. The van der Waals surface area contributed by atoms with Crippen LogP contribution >= 0.6 is 11.2 Å². The van der Waals surface area contributed by atoms with Crippen molar-refractivity contribution in [3.8, 4) is 5.18 Å². The molecule has 0 bridgehead atoms. The summed E-state index contributed by atoms with van der Waals surface area (Å²) in [4.78, 5) is 11.4. The van der Waals surface area contributed by atoms with Crippen LogP contribution in [0.4, 0.5) is 0 Å². The minimum absolute atomic E-state index is 0.148. The Bertz CT molecular complexity index is 285. The number of carbonyl (C=O) groups is 1. The quantitative estimate of drug-likeness (QED) is 0.603. The predicted octanol–water partition coefficient (Wildman–Crippen LogP) is 2.06. The zero-order valence-electron chi connectivity index (χ0n) is 8.00. The fourth-order valence-electron chi connectivity index (χ4n) is 1.51. The summed E-state index contributed by atoms with van der Waals surface area (Å²) in [5, 5.41) is 3.00. The Balaban J connectivity index is 2.78. The third kappa shape index (κ3) is 2.33. The number of carbonyl (C=O) groups excluding carboxylic acids is 1. The Morgan fingerprint density at radius 2 is 2.46 bits per heavy atom. The standard InChI is InChI=1S/C10H14O2S/c1-7-4-5-12-10(11)9(7)8(2)6-13-3/h7,9H,2,4-5H2,1,3H3. The predicted molar refractivity (Wildman–Crippen MR) is 54.8 cm³/mol. The number of hydrogen-bond acceptors (Lipinski definition) is 2. The average Bonchev–Trinajstić information content (AvgIpc) is 2.04. The van der Waals surface area contributed by atoms with Gasteiger partial charge in [0, 0.05) is 11.8 Å². The SMILES string of the molecule is C=C(C#SC)C1C(=O)OCCC1C. The van der Waals surface area contributed by atoms with E-state index < -0.39 is 0 Å². The van der Waals surface area contributed by atoms with E-state index in [1.54, 1.807) is 0 Å². The van der Waals surface area contributed by atoms with Crippen LogP contribution in [0.1, 0.15) is 13.3 Å². The Labute approximate surface area is 82.6 Å². The third-order valence-electron chi connectivity index (χ3n) is 2.25. The first-order valence-electron chi connectivity index (χ1n) is 4.31. The van der Waals surface area contributed by atoms with Crippen molar-refractivity contribution in [3.63, 3.8) is 0 Å². The summed E-state index contributed by atoms with van der Waals surface area (Å²) in [5.41, 5.74) is 0.754. The van der Waals surface area contributed by atoms with Crippen molar-refractivity contribution in [3.05, 3.63) is 12.2 Å². The molecule has 1 aliphatic rings. The van der Waals surface area contributed by atoms with Crippen LogP contribution in [0.15, 0.2) is 12.2 Å². The lowest BCUT2D eigenvalue weighted by atomic mass is 9.85. The Kier molecular flexibility index (Phi) is 3.52. The lowest BCUT2D eigenvalue weighted by Gasteiger charge is -2.26. The highest BCUT2D eigenvalue weighted by Crippen LogP contribution is 2.27. The van der Waals surface area contributed by atoms with Crippen LogP contribution in [0.3, 0.4) is 0 Å². The van der Waals surface area contributed by atoms with Crippen LogP contribution in [0.5, 0.6) is 0 Å². The molecule has 1 aliphatic heterocycles. The van der Waals surface area contributed by atoms with Gasteiger partial charge < -0.3 is 4.74 Å². The van der Waals surface area contributed by atoms with Crippen LogP contribution in [-0.4, -0.2) is 18.8 Å². The van der Waals surface area contributed by atoms with Gasteiger partial charge in [-0.05, 0) is 12.3 Å². The van der Waals surface area contributed by atoms with Crippen molar-refractivity contribution < 1.29 is 9.53 Å². The second kappa shape index (κ2) is 4.45. The lowest BCUT2D eigenvalue weighted by Crippen LogP contribution is -2.31. The van der Waals surface area contributed by atoms with Crippen molar-refractivity contribution in [2.45, 2.75) is 13.3 Å². The molecule has 0 aliphatic carbocycles. The lowest BCUT2D eigenvalue weighted by molar-refractivity contribution is -0.153. The third-order valence-corrected chi connectivity index (χ3v) is 2.72. The summed E-state index contributed by atoms with van der Waals surface area (Å²) in [7, 11) is 0. The summed E-state index contributed by atoms with van der Waals surface area (Å²) in [5.74, 6) is -0.0000926. The molecule has 1 rings (SSSR count). The second-order valence-corrected chi connectivity index (χ2v) is 3.85. The zero-order valence-corrected chi connectivity index (χ0v) is 8.82. The maximum Gasteiger partial charge on any atom is 0.314 e. The van der Waals surface area contributed by atoms with Gasteiger partial charge in [-0.25, -0.2) is 0 Å². The van der Waals surface area contributed by atoms with Gasteiger partial charge in [0.1, 0.15) is 0 Å². The number of esters is 1. The summed E-state index contributed by atoms with van der Waals surface area (Å²) >= 11 is 1.45. The molecule has 0 aromatic rings. The molecule has 2 atom stereocenters. The molecule has 0 radical (unpaired) electrons. The van der Waals surface area contributed by atoms with E-state index >= 15 is 0 Å². The van der Waals surface area contributed by atoms with Gasteiger partial charge in [-0.1, -0.05) is 18.7 Å². The maximum absolute atomic E-state index is 11.4. The molecule has 1 fully saturated rings. The largest absolute Gasteiger partial charge is 0.465 e. The number of ether oxygens (including phenoxy) is 1. The first kappa shape index (κ1) is 10.3. The Hall–Kier alpha value is -0.790. The van der Waals surface area contributed by atoms with Crippen molar-refractivity contribution in [2.24, 2.45) is 11.8 Å². The zero-order chi connectivity index (χ0) is 9.84. The number of hydrogen-bond donors (Lipinski definition) is 0. The Morgan fingerprint density at radius 1 is 1.77 bits per heavy atom. The highest BCUT2D eigenvalue weighted by Gasteiger charge is 2.32. The first-order chi connectivity index (χ1) is 6.16. The summed E-state index contributed by atoms with van der Waals surface area (Å²) in [6.07, 6.45) is 2.83. The van der Waals surface area contributed by atoms with Gasteiger partial charge in [-0.2, -0.15) is 0 Å². The van der Waals surface area contributed by atoms with E-state index in [0.717, 1.165) is 12.0 Å². The molecule has 0 spiro atoms. The molecule has 0 amide bonds. The summed E-state index contributed by atoms with van der Waals surface area (Å²) < 4.78 is 4.98. The van der Waals surface area contributed by atoms with Gasteiger partial charge in [0.15, 0.2) is 0 Å². The number of rotatable bonds is 1. The molecule has 0 aromatic carbocycles. The van der Waals surface area contributed by atoms with Crippen LogP contribution in [0, 0.1) is 17.0 Å². The highest BCUT2D eigenvalue weighted by molar-refractivity contribution is 7.88. The summed E-state index contributed by atoms with van der Waals surface area (Å²) in [6, 6.07) is 0. The molecule has 0 saturated carbocycles. The molecule has 0 N–H and O–H groups in total. The van der Waals surface area contributed by atoms with Crippen LogP contribution in [-0.2, 0) is 9.53 Å². The van der Waals surface area contributed by atoms with E-state index in [4.69, 9.17) is 4.74 Å². The number of cyclic esters (lactones) is 1. The molecule has 13 heavy (non-hydrogen) atoms. The minimum Gasteiger partial charge on any atom is -0.465 e. The van der Waals surface area contributed by atoms with Crippen LogP contribution in [0.2, 0.25) is 0 Å². The van der Waals surface area contributed by atoms with Gasteiger partial charge >= 0.3 is 5.97 Å². The van der Waals surface area contributed by atoms with E-state index in [0.29, 0.717) is 12.5 Å². The summed E-state index contributed by atoms with van der Waals surface area (Å²) in [6.45, 7) is 6.43. The van der Waals surface area contributed by atoms with E-state index in [-0.39, 0.29) is 11.9 Å².